The van der Waals surface area contributed by atoms with E-state index in [0.717, 1.165) is 13.0 Å². The minimum atomic E-state index is 0.308. The molecule has 3 N–H and O–H groups in total. The fourth-order valence-corrected chi connectivity index (χ4v) is 2.94. The molecule has 84 valence electrons. The minimum Gasteiger partial charge on any atom is -0.326 e. The summed E-state index contributed by atoms with van der Waals surface area (Å²) in [4.78, 5) is 5.19. The molecule has 0 aliphatic heterocycles. The molecule has 0 saturated heterocycles. The van der Waals surface area contributed by atoms with Crippen LogP contribution in [-0.4, -0.2) is 17.1 Å². The molecule has 1 fully saturated rings. The molecule has 1 saturated carbocycles. The molecule has 0 aromatic carbocycles. The predicted molar refractivity (Wildman–Crippen MR) is 64.2 cm³/mol. The summed E-state index contributed by atoms with van der Waals surface area (Å²) in [5.74, 6) is 0. The molecular formula is C10H16ClN3S. The summed E-state index contributed by atoms with van der Waals surface area (Å²) >= 11 is 7.29. The Morgan fingerprint density at radius 2 is 2.33 bits per heavy atom. The van der Waals surface area contributed by atoms with Gasteiger partial charge in [-0.15, -0.1) is 11.3 Å². The highest BCUT2D eigenvalue weighted by Gasteiger charge is 2.20. The maximum absolute atomic E-state index is 6.05. The van der Waals surface area contributed by atoms with Crippen LogP contribution >= 0.6 is 22.9 Å². The molecular weight excluding hydrogens is 230 g/mol. The Morgan fingerprint density at radius 1 is 1.53 bits per heavy atom. The smallest absolute Gasteiger partial charge is 0.183 e. The summed E-state index contributed by atoms with van der Waals surface area (Å²) in [6.45, 7) is 0.836. The third-order valence-electron chi connectivity index (χ3n) is 2.88. The Bertz CT molecular complexity index is 315. The van der Waals surface area contributed by atoms with Crippen molar-refractivity contribution in [3.05, 3.63) is 15.5 Å². The van der Waals surface area contributed by atoms with Crippen molar-refractivity contribution < 1.29 is 0 Å². The maximum atomic E-state index is 6.05. The van der Waals surface area contributed by atoms with Gasteiger partial charge in [0.15, 0.2) is 4.47 Å². The van der Waals surface area contributed by atoms with Gasteiger partial charge in [0.25, 0.3) is 0 Å². The number of nitrogens with two attached hydrogens (primary N) is 1. The van der Waals surface area contributed by atoms with Gasteiger partial charge in [-0.2, -0.15) is 0 Å². The lowest BCUT2D eigenvalue weighted by atomic mass is 9.91. The fourth-order valence-electron chi connectivity index (χ4n) is 2.01. The van der Waals surface area contributed by atoms with E-state index in [4.69, 9.17) is 17.3 Å². The number of hydrogen-bond donors (Lipinski definition) is 2. The summed E-state index contributed by atoms with van der Waals surface area (Å²) in [5.41, 5.74) is 6.05. The second-order valence-electron chi connectivity index (χ2n) is 4.02. The first kappa shape index (κ1) is 11.3. The SMILES string of the molecule is N[C@@H]1CCCC[C@H]1NCc1cnc(Cl)s1. The van der Waals surface area contributed by atoms with Gasteiger partial charge in [-0.3, -0.25) is 0 Å². The van der Waals surface area contributed by atoms with E-state index >= 15 is 0 Å². The van der Waals surface area contributed by atoms with Crippen LogP contribution in [-0.2, 0) is 6.54 Å². The Balaban J connectivity index is 1.81. The molecule has 1 aromatic heterocycles. The van der Waals surface area contributed by atoms with Crippen molar-refractivity contribution in [3.63, 3.8) is 0 Å². The van der Waals surface area contributed by atoms with Gasteiger partial charge in [-0.1, -0.05) is 24.4 Å². The third-order valence-corrected chi connectivity index (χ3v) is 4.00. The van der Waals surface area contributed by atoms with E-state index in [1.165, 1.54) is 35.5 Å². The second-order valence-corrected chi connectivity index (χ2v) is 5.71. The van der Waals surface area contributed by atoms with Gasteiger partial charge in [0.1, 0.15) is 0 Å². The van der Waals surface area contributed by atoms with E-state index in [-0.39, 0.29) is 0 Å². The molecule has 0 radical (unpaired) electrons. The molecule has 3 nitrogen and oxygen atoms in total. The summed E-state index contributed by atoms with van der Waals surface area (Å²) < 4.78 is 0.611. The Labute approximate surface area is 99.0 Å². The number of thiazole rings is 1. The quantitative estimate of drug-likeness (QED) is 0.858. The lowest BCUT2D eigenvalue weighted by Gasteiger charge is -2.29. The summed E-state index contributed by atoms with van der Waals surface area (Å²) in [6, 6.07) is 0.766. The topological polar surface area (TPSA) is 50.9 Å². The molecule has 5 heteroatoms. The largest absolute Gasteiger partial charge is 0.326 e. The molecule has 2 atom stereocenters. The van der Waals surface area contributed by atoms with Crippen LogP contribution in [0.3, 0.4) is 0 Å². The number of halogens is 1. The van der Waals surface area contributed by atoms with Crippen LogP contribution in [0, 0.1) is 0 Å². The number of rotatable bonds is 3. The molecule has 0 spiro atoms. The summed E-state index contributed by atoms with van der Waals surface area (Å²) in [6.07, 6.45) is 6.71. The van der Waals surface area contributed by atoms with Crippen LogP contribution in [0.5, 0.6) is 0 Å². The van der Waals surface area contributed by atoms with Crippen molar-refractivity contribution in [3.8, 4) is 0 Å². The van der Waals surface area contributed by atoms with Gasteiger partial charge < -0.3 is 11.1 Å². The van der Waals surface area contributed by atoms with Crippen molar-refractivity contribution >= 4 is 22.9 Å². The van der Waals surface area contributed by atoms with E-state index in [2.05, 4.69) is 10.3 Å². The van der Waals surface area contributed by atoms with Crippen molar-refractivity contribution in [2.45, 2.75) is 44.3 Å². The number of aromatic nitrogens is 1. The highest BCUT2D eigenvalue weighted by Crippen LogP contribution is 2.20. The van der Waals surface area contributed by atoms with Gasteiger partial charge in [0.2, 0.25) is 0 Å². The molecule has 0 amide bonds. The zero-order valence-corrected chi connectivity index (χ0v) is 10.2. The normalized spacial score (nSPS) is 26.8. The average molecular weight is 246 g/mol. The van der Waals surface area contributed by atoms with Crippen LogP contribution < -0.4 is 11.1 Å². The molecule has 0 bridgehead atoms. The Hall–Kier alpha value is -0.160. The number of nitrogens with one attached hydrogen (secondary N) is 1. The van der Waals surface area contributed by atoms with Crippen molar-refractivity contribution in [1.29, 1.82) is 0 Å². The third kappa shape index (κ3) is 3.14. The molecule has 1 aliphatic rings. The minimum absolute atomic E-state index is 0.308. The average Bonchev–Trinajstić information content (AvgIpc) is 2.63. The molecule has 1 heterocycles. The van der Waals surface area contributed by atoms with Crippen molar-refractivity contribution in [2.24, 2.45) is 5.73 Å². The van der Waals surface area contributed by atoms with Crippen LogP contribution in [0.25, 0.3) is 0 Å². The molecule has 15 heavy (non-hydrogen) atoms. The van der Waals surface area contributed by atoms with Gasteiger partial charge >= 0.3 is 0 Å². The first-order valence-electron chi connectivity index (χ1n) is 5.35. The fraction of sp³-hybridized carbons (Fsp3) is 0.700. The van der Waals surface area contributed by atoms with Crippen LogP contribution in [0.15, 0.2) is 6.20 Å². The Morgan fingerprint density at radius 3 is 3.00 bits per heavy atom. The van der Waals surface area contributed by atoms with E-state index in [1.54, 1.807) is 0 Å². The van der Waals surface area contributed by atoms with Gasteiger partial charge in [0, 0.05) is 29.7 Å². The lowest BCUT2D eigenvalue weighted by molar-refractivity contribution is 0.327. The lowest BCUT2D eigenvalue weighted by Crippen LogP contribution is -2.46. The van der Waals surface area contributed by atoms with Gasteiger partial charge in [0.05, 0.1) is 0 Å². The zero-order chi connectivity index (χ0) is 10.7. The van der Waals surface area contributed by atoms with Crippen molar-refractivity contribution in [1.82, 2.24) is 10.3 Å². The van der Waals surface area contributed by atoms with Crippen LogP contribution in [0.4, 0.5) is 0 Å². The van der Waals surface area contributed by atoms with E-state index in [0.29, 0.717) is 16.6 Å². The number of hydrogen-bond acceptors (Lipinski definition) is 4. The molecule has 1 aliphatic carbocycles. The zero-order valence-electron chi connectivity index (χ0n) is 8.58. The van der Waals surface area contributed by atoms with E-state index < -0.39 is 0 Å². The highest BCUT2D eigenvalue weighted by atomic mass is 35.5. The van der Waals surface area contributed by atoms with Gasteiger partial charge in [-0.25, -0.2) is 4.98 Å². The molecule has 0 unspecified atom stereocenters. The van der Waals surface area contributed by atoms with E-state index in [1.807, 2.05) is 6.20 Å². The predicted octanol–water partition coefficient (Wildman–Crippen LogP) is 2.16. The molecule has 2 rings (SSSR count). The highest BCUT2D eigenvalue weighted by molar-refractivity contribution is 7.15. The summed E-state index contributed by atoms with van der Waals surface area (Å²) in [7, 11) is 0. The van der Waals surface area contributed by atoms with Crippen LogP contribution in [0.1, 0.15) is 30.6 Å². The monoisotopic (exact) mass is 245 g/mol. The molecule has 1 aromatic rings. The second kappa shape index (κ2) is 5.25. The maximum Gasteiger partial charge on any atom is 0.183 e. The van der Waals surface area contributed by atoms with Gasteiger partial charge in [-0.05, 0) is 12.8 Å². The number of nitrogens with zero attached hydrogens (tertiary/aromatic N) is 1. The summed E-state index contributed by atoms with van der Waals surface area (Å²) in [5, 5.41) is 3.49. The van der Waals surface area contributed by atoms with E-state index in [9.17, 15) is 0 Å². The van der Waals surface area contributed by atoms with Crippen molar-refractivity contribution in [2.75, 3.05) is 0 Å². The Kier molecular flexibility index (Phi) is 3.97. The first-order chi connectivity index (χ1) is 7.25. The standard InChI is InChI=1S/C10H16ClN3S/c11-10-14-6-7(15-10)5-13-9-4-2-1-3-8(9)12/h6,8-9,13H,1-5,12H2/t8-,9-/m1/s1. The van der Waals surface area contributed by atoms with Crippen LogP contribution in [0.2, 0.25) is 4.47 Å². The first-order valence-corrected chi connectivity index (χ1v) is 6.54.